The molecule has 0 bridgehead atoms. The highest BCUT2D eigenvalue weighted by Gasteiger charge is 2.52. The van der Waals surface area contributed by atoms with Crippen LogP contribution < -0.4 is 0 Å². The quantitative estimate of drug-likeness (QED) is 0.485. The van der Waals surface area contributed by atoms with E-state index < -0.39 is 0 Å². The second kappa shape index (κ2) is 5.82. The molecule has 0 aromatic heterocycles. The zero-order chi connectivity index (χ0) is 18.4. The molecule has 0 heteroatoms. The van der Waals surface area contributed by atoms with Gasteiger partial charge < -0.3 is 0 Å². The van der Waals surface area contributed by atoms with Gasteiger partial charge in [-0.25, -0.2) is 0 Å². The second-order valence-electron chi connectivity index (χ2n) is 7.02. The summed E-state index contributed by atoms with van der Waals surface area (Å²) >= 11 is 0. The molecule has 0 aliphatic heterocycles. The van der Waals surface area contributed by atoms with Gasteiger partial charge in [0.1, 0.15) is 0 Å². The van der Waals surface area contributed by atoms with Gasteiger partial charge in [0.2, 0.25) is 0 Å². The maximum atomic E-state index is 4.02. The number of fused-ring (bicyclic) bond motifs is 7. The first kappa shape index (κ1) is 15.8. The van der Waals surface area contributed by atoms with Gasteiger partial charge in [-0.05, 0) is 44.5 Å². The van der Waals surface area contributed by atoms with Gasteiger partial charge in [0.25, 0.3) is 0 Å². The Morgan fingerprint density at radius 3 is 1.52 bits per heavy atom. The van der Waals surface area contributed by atoms with Crippen molar-refractivity contribution in [2.24, 2.45) is 0 Å². The average Bonchev–Trinajstić information content (AvgIpc) is 3.16. The number of benzene rings is 3. The predicted octanol–water partition coefficient (Wildman–Crippen LogP) is 6.70. The summed E-state index contributed by atoms with van der Waals surface area (Å²) in [5.74, 6) is 0. The molecule has 3 aromatic rings. The van der Waals surface area contributed by atoms with Crippen LogP contribution in [0.25, 0.3) is 16.7 Å². The summed E-state index contributed by atoms with van der Waals surface area (Å²) in [4.78, 5) is 0. The van der Waals surface area contributed by atoms with E-state index in [0.29, 0.717) is 0 Å². The third-order valence-corrected chi connectivity index (χ3v) is 5.84. The van der Waals surface area contributed by atoms with Crippen LogP contribution in [0.4, 0.5) is 0 Å². The standard InChI is InChI=1S/C27H20/c1-3-11-19-20-13-5-8-16-24(20)27(23(19)12-4-2)25-17-9-6-14-21(25)22-15-7-10-18-26(22)27/h3-18H,1-2H2/b19-11-,23-12+. The Hall–Kier alpha value is -3.38. The van der Waals surface area contributed by atoms with E-state index in [1.165, 1.54) is 44.5 Å². The molecular formula is C27H20. The Morgan fingerprint density at radius 1 is 0.556 bits per heavy atom. The van der Waals surface area contributed by atoms with Crippen LogP contribution in [0, 0.1) is 0 Å². The molecule has 0 saturated carbocycles. The Balaban J connectivity index is 2.02. The average molecular weight is 344 g/mol. The predicted molar refractivity (Wildman–Crippen MR) is 115 cm³/mol. The maximum Gasteiger partial charge on any atom is 0.0725 e. The third kappa shape index (κ3) is 1.88. The first-order valence-corrected chi connectivity index (χ1v) is 9.29. The van der Waals surface area contributed by atoms with E-state index in [1.807, 2.05) is 12.2 Å². The molecule has 0 N–H and O–H groups in total. The fraction of sp³-hybridized carbons (Fsp3) is 0.0370. The summed E-state index contributed by atoms with van der Waals surface area (Å²) in [5, 5.41) is 0. The Kier molecular flexibility index (Phi) is 3.42. The van der Waals surface area contributed by atoms with E-state index in [9.17, 15) is 0 Å². The van der Waals surface area contributed by atoms with Crippen molar-refractivity contribution in [3.63, 3.8) is 0 Å². The topological polar surface area (TPSA) is 0 Å². The number of allylic oxidation sites excluding steroid dienone is 6. The molecule has 0 heterocycles. The first-order chi connectivity index (χ1) is 13.3. The smallest absolute Gasteiger partial charge is 0.0725 e. The van der Waals surface area contributed by atoms with Gasteiger partial charge in [-0.3, -0.25) is 0 Å². The molecule has 0 atom stereocenters. The summed E-state index contributed by atoms with van der Waals surface area (Å²) in [5.41, 5.74) is 10.1. The van der Waals surface area contributed by atoms with Crippen molar-refractivity contribution in [3.05, 3.63) is 138 Å². The van der Waals surface area contributed by atoms with Crippen LogP contribution in [-0.2, 0) is 5.41 Å². The molecule has 5 rings (SSSR count). The normalized spacial score (nSPS) is 18.4. The van der Waals surface area contributed by atoms with Crippen LogP contribution in [-0.4, -0.2) is 0 Å². The van der Waals surface area contributed by atoms with Gasteiger partial charge in [0.15, 0.2) is 0 Å². The van der Waals surface area contributed by atoms with Gasteiger partial charge in [0, 0.05) is 0 Å². The van der Waals surface area contributed by atoms with Crippen molar-refractivity contribution in [2.45, 2.75) is 5.41 Å². The van der Waals surface area contributed by atoms with E-state index in [0.717, 1.165) is 0 Å². The molecule has 27 heavy (non-hydrogen) atoms. The molecule has 1 spiro atoms. The SMILES string of the molecule is C=C/C=C1\C(=C/C=C)C2(c3ccccc31)c1ccccc1-c1ccccc12. The Labute approximate surface area is 160 Å². The maximum absolute atomic E-state index is 4.02. The summed E-state index contributed by atoms with van der Waals surface area (Å²) in [6.07, 6.45) is 8.10. The summed E-state index contributed by atoms with van der Waals surface area (Å²) in [6.45, 7) is 7.98. The van der Waals surface area contributed by atoms with E-state index >= 15 is 0 Å². The van der Waals surface area contributed by atoms with E-state index in [4.69, 9.17) is 0 Å². The van der Waals surface area contributed by atoms with Gasteiger partial charge >= 0.3 is 0 Å². The fourth-order valence-corrected chi connectivity index (χ4v) is 4.98. The minimum Gasteiger partial charge on any atom is -0.0991 e. The molecule has 0 unspecified atom stereocenters. The summed E-state index contributed by atoms with van der Waals surface area (Å²) in [7, 11) is 0. The van der Waals surface area contributed by atoms with Crippen molar-refractivity contribution in [1.29, 1.82) is 0 Å². The zero-order valence-electron chi connectivity index (χ0n) is 15.2. The minimum absolute atomic E-state index is 0.299. The van der Waals surface area contributed by atoms with Crippen LogP contribution in [0.1, 0.15) is 22.3 Å². The van der Waals surface area contributed by atoms with E-state index in [2.05, 4.69) is 98.1 Å². The largest absolute Gasteiger partial charge is 0.0991 e. The van der Waals surface area contributed by atoms with E-state index in [-0.39, 0.29) is 5.41 Å². The van der Waals surface area contributed by atoms with Crippen molar-refractivity contribution >= 4 is 5.57 Å². The number of hydrogen-bond donors (Lipinski definition) is 0. The van der Waals surface area contributed by atoms with Crippen molar-refractivity contribution < 1.29 is 0 Å². The lowest BCUT2D eigenvalue weighted by Crippen LogP contribution is -2.25. The van der Waals surface area contributed by atoms with Gasteiger partial charge in [-0.2, -0.15) is 0 Å². The zero-order valence-corrected chi connectivity index (χ0v) is 15.2. The highest BCUT2D eigenvalue weighted by atomic mass is 14.5. The Morgan fingerprint density at radius 2 is 1.00 bits per heavy atom. The van der Waals surface area contributed by atoms with Crippen LogP contribution >= 0.6 is 0 Å². The van der Waals surface area contributed by atoms with Crippen LogP contribution in [0.2, 0.25) is 0 Å². The van der Waals surface area contributed by atoms with Crippen LogP contribution in [0.5, 0.6) is 0 Å². The van der Waals surface area contributed by atoms with Crippen LogP contribution in [0.3, 0.4) is 0 Å². The lowest BCUT2D eigenvalue weighted by atomic mass is 9.70. The number of rotatable bonds is 2. The molecule has 2 aliphatic rings. The molecule has 0 radical (unpaired) electrons. The van der Waals surface area contributed by atoms with Gasteiger partial charge in [-0.1, -0.05) is 110 Å². The first-order valence-electron chi connectivity index (χ1n) is 9.29. The van der Waals surface area contributed by atoms with Gasteiger partial charge in [-0.15, -0.1) is 0 Å². The third-order valence-electron chi connectivity index (χ3n) is 5.84. The highest BCUT2D eigenvalue weighted by molar-refractivity contribution is 6.00. The van der Waals surface area contributed by atoms with Crippen LogP contribution in [0.15, 0.2) is 116 Å². The molecule has 3 aromatic carbocycles. The molecule has 128 valence electrons. The minimum atomic E-state index is -0.299. The second-order valence-corrected chi connectivity index (χ2v) is 7.02. The molecular weight excluding hydrogens is 324 g/mol. The van der Waals surface area contributed by atoms with Crippen molar-refractivity contribution in [1.82, 2.24) is 0 Å². The number of hydrogen-bond acceptors (Lipinski definition) is 0. The lowest BCUT2D eigenvalue weighted by molar-refractivity contribution is 0.794. The molecule has 0 amide bonds. The van der Waals surface area contributed by atoms with Gasteiger partial charge in [0.05, 0.1) is 5.41 Å². The van der Waals surface area contributed by atoms with Crippen molar-refractivity contribution in [2.75, 3.05) is 0 Å². The molecule has 2 aliphatic carbocycles. The monoisotopic (exact) mass is 344 g/mol. The summed E-state index contributed by atoms with van der Waals surface area (Å²) < 4.78 is 0. The molecule has 0 nitrogen and oxygen atoms in total. The summed E-state index contributed by atoms with van der Waals surface area (Å²) in [6, 6.07) is 26.4. The van der Waals surface area contributed by atoms with E-state index in [1.54, 1.807) is 0 Å². The Bertz CT molecular complexity index is 1110. The molecule has 0 saturated heterocycles. The lowest BCUT2D eigenvalue weighted by Gasteiger charge is -2.30. The molecule has 0 fully saturated rings. The fourth-order valence-electron chi connectivity index (χ4n) is 4.98. The highest BCUT2D eigenvalue weighted by Crippen LogP contribution is 2.63. The van der Waals surface area contributed by atoms with Crippen molar-refractivity contribution in [3.8, 4) is 11.1 Å².